The van der Waals surface area contributed by atoms with Gasteiger partial charge in [0, 0.05) is 19.1 Å². The molecule has 0 aliphatic carbocycles. The summed E-state index contributed by atoms with van der Waals surface area (Å²) in [6, 6.07) is 0. The van der Waals surface area contributed by atoms with Gasteiger partial charge in [0.15, 0.2) is 5.78 Å². The molecule has 0 saturated heterocycles. The van der Waals surface area contributed by atoms with Gasteiger partial charge in [0.2, 0.25) is 0 Å². The number of hydrogen-bond acceptors (Lipinski definition) is 3. The van der Waals surface area contributed by atoms with Crippen molar-refractivity contribution in [3.63, 3.8) is 0 Å². The fourth-order valence-electron chi connectivity index (χ4n) is 0.591. The summed E-state index contributed by atoms with van der Waals surface area (Å²) in [6.07, 6.45) is 0.949. The number of carbonyl (C=O) groups is 1. The minimum Gasteiger partial charge on any atom is -0.374 e. The summed E-state index contributed by atoms with van der Waals surface area (Å²) in [5.74, 6) is 0.0350. The van der Waals surface area contributed by atoms with E-state index in [0.29, 0.717) is 13.2 Å². The maximum absolute atomic E-state index is 11.0. The van der Waals surface area contributed by atoms with Gasteiger partial charge in [-0.2, -0.15) is 0 Å². The van der Waals surface area contributed by atoms with Gasteiger partial charge in [-0.05, 0) is 6.42 Å². The average molecular weight is 159 g/mol. The van der Waals surface area contributed by atoms with Crippen molar-refractivity contribution < 1.29 is 9.53 Å². The van der Waals surface area contributed by atoms with Crippen LogP contribution in [0.4, 0.5) is 0 Å². The molecule has 0 bridgehead atoms. The Labute approximate surface area is 67.9 Å². The van der Waals surface area contributed by atoms with Gasteiger partial charge < -0.3 is 10.5 Å². The molecule has 0 aromatic carbocycles. The Morgan fingerprint density at radius 2 is 2.27 bits per heavy atom. The van der Waals surface area contributed by atoms with Gasteiger partial charge in [0.05, 0.1) is 0 Å². The highest BCUT2D eigenvalue weighted by atomic mass is 16.5. The molecule has 0 rings (SSSR count). The van der Waals surface area contributed by atoms with Crippen LogP contribution in [0, 0.1) is 5.92 Å². The number of hydrogen-bond donors (Lipinski definition) is 1. The molecular formula is C8H17NO2. The van der Waals surface area contributed by atoms with Gasteiger partial charge >= 0.3 is 0 Å². The molecule has 1 unspecified atom stereocenters. The van der Waals surface area contributed by atoms with E-state index < -0.39 is 0 Å². The Balaban J connectivity index is 3.36. The largest absolute Gasteiger partial charge is 0.374 e. The average Bonchev–Trinajstić information content (AvgIpc) is 2.03. The fourth-order valence-corrected chi connectivity index (χ4v) is 0.591. The van der Waals surface area contributed by atoms with E-state index in [2.05, 4.69) is 0 Å². The van der Waals surface area contributed by atoms with Crippen molar-refractivity contribution in [2.24, 2.45) is 11.7 Å². The zero-order valence-electron chi connectivity index (χ0n) is 7.30. The van der Waals surface area contributed by atoms with Crippen LogP contribution >= 0.6 is 0 Å². The Hall–Kier alpha value is -0.410. The second-order valence-corrected chi connectivity index (χ2v) is 2.66. The van der Waals surface area contributed by atoms with Crippen LogP contribution < -0.4 is 5.73 Å². The highest BCUT2D eigenvalue weighted by molar-refractivity contribution is 5.82. The third kappa shape index (κ3) is 4.93. The Morgan fingerprint density at radius 3 is 2.73 bits per heavy atom. The standard InChI is InChI=1S/C8H17NO2/c1-3-4-11-6-8(10)7(2)5-9/h7H,3-6,9H2,1-2H3. The van der Waals surface area contributed by atoms with Crippen LogP contribution in [0.3, 0.4) is 0 Å². The summed E-state index contributed by atoms with van der Waals surface area (Å²) in [5.41, 5.74) is 5.30. The van der Waals surface area contributed by atoms with Gasteiger partial charge in [-0.3, -0.25) is 4.79 Å². The number of nitrogens with two attached hydrogens (primary N) is 1. The molecule has 0 fully saturated rings. The van der Waals surface area contributed by atoms with E-state index >= 15 is 0 Å². The first kappa shape index (κ1) is 10.6. The Bertz CT molecular complexity index is 115. The van der Waals surface area contributed by atoms with Crippen LogP contribution in [0.1, 0.15) is 20.3 Å². The highest BCUT2D eigenvalue weighted by Crippen LogP contribution is 1.94. The summed E-state index contributed by atoms with van der Waals surface area (Å²) >= 11 is 0. The van der Waals surface area contributed by atoms with Crippen LogP contribution in [0.5, 0.6) is 0 Å². The van der Waals surface area contributed by atoms with E-state index in [-0.39, 0.29) is 18.3 Å². The SMILES string of the molecule is CCCOCC(=O)C(C)CN. The first-order valence-corrected chi connectivity index (χ1v) is 4.02. The first-order chi connectivity index (χ1) is 5.22. The predicted molar refractivity (Wildman–Crippen MR) is 44.3 cm³/mol. The Kier molecular flexibility index (Phi) is 6.07. The second kappa shape index (κ2) is 6.31. The van der Waals surface area contributed by atoms with Crippen LogP contribution in [0.15, 0.2) is 0 Å². The summed E-state index contributed by atoms with van der Waals surface area (Å²) < 4.78 is 5.06. The molecule has 0 spiro atoms. The molecule has 0 aromatic heterocycles. The maximum atomic E-state index is 11.0. The molecule has 0 aromatic rings. The normalized spacial score (nSPS) is 13.0. The van der Waals surface area contributed by atoms with Gasteiger partial charge in [-0.25, -0.2) is 0 Å². The molecule has 0 saturated carbocycles. The van der Waals surface area contributed by atoms with Crippen LogP contribution in [-0.4, -0.2) is 25.5 Å². The minimum absolute atomic E-state index is 0.0631. The smallest absolute Gasteiger partial charge is 0.162 e. The van der Waals surface area contributed by atoms with Crippen molar-refractivity contribution in [1.82, 2.24) is 0 Å². The maximum Gasteiger partial charge on any atom is 0.162 e. The summed E-state index contributed by atoms with van der Waals surface area (Å²) in [5, 5.41) is 0. The zero-order chi connectivity index (χ0) is 8.69. The van der Waals surface area contributed by atoms with Crippen LogP contribution in [0.25, 0.3) is 0 Å². The molecule has 11 heavy (non-hydrogen) atoms. The molecule has 3 nitrogen and oxygen atoms in total. The topological polar surface area (TPSA) is 52.3 Å². The molecule has 0 aliphatic rings. The van der Waals surface area contributed by atoms with Crippen molar-refractivity contribution in [2.75, 3.05) is 19.8 Å². The quantitative estimate of drug-likeness (QED) is 0.577. The van der Waals surface area contributed by atoms with E-state index in [9.17, 15) is 4.79 Å². The van der Waals surface area contributed by atoms with Crippen LogP contribution in [-0.2, 0) is 9.53 Å². The lowest BCUT2D eigenvalue weighted by atomic mass is 10.1. The number of ketones is 1. The molecule has 3 heteroatoms. The highest BCUT2D eigenvalue weighted by Gasteiger charge is 2.09. The van der Waals surface area contributed by atoms with Crippen molar-refractivity contribution in [2.45, 2.75) is 20.3 Å². The van der Waals surface area contributed by atoms with E-state index in [1.54, 1.807) is 0 Å². The van der Waals surface area contributed by atoms with Gasteiger partial charge in [0.1, 0.15) is 6.61 Å². The Morgan fingerprint density at radius 1 is 1.64 bits per heavy atom. The van der Waals surface area contributed by atoms with E-state index in [1.165, 1.54) is 0 Å². The lowest BCUT2D eigenvalue weighted by molar-refractivity contribution is -0.126. The first-order valence-electron chi connectivity index (χ1n) is 4.02. The van der Waals surface area contributed by atoms with Crippen molar-refractivity contribution in [3.05, 3.63) is 0 Å². The van der Waals surface area contributed by atoms with E-state index in [0.717, 1.165) is 6.42 Å². The number of carbonyl (C=O) groups excluding carboxylic acids is 1. The third-order valence-corrected chi connectivity index (χ3v) is 1.50. The molecule has 0 heterocycles. The molecule has 66 valence electrons. The van der Waals surface area contributed by atoms with Gasteiger partial charge in [0.25, 0.3) is 0 Å². The fraction of sp³-hybridized carbons (Fsp3) is 0.875. The zero-order valence-corrected chi connectivity index (χ0v) is 7.30. The molecule has 2 N–H and O–H groups in total. The number of ether oxygens (including phenoxy) is 1. The van der Waals surface area contributed by atoms with Gasteiger partial charge in [-0.1, -0.05) is 13.8 Å². The number of Topliss-reactive ketones (excluding diaryl/α,β-unsaturated/α-hetero) is 1. The summed E-state index contributed by atoms with van der Waals surface area (Å²) in [7, 11) is 0. The van der Waals surface area contributed by atoms with E-state index in [4.69, 9.17) is 10.5 Å². The predicted octanol–water partition coefficient (Wildman–Crippen LogP) is 0.577. The number of rotatable bonds is 6. The lowest BCUT2D eigenvalue weighted by Gasteiger charge is -2.06. The molecule has 1 atom stereocenters. The van der Waals surface area contributed by atoms with Crippen molar-refractivity contribution in [1.29, 1.82) is 0 Å². The van der Waals surface area contributed by atoms with E-state index in [1.807, 2.05) is 13.8 Å². The van der Waals surface area contributed by atoms with Crippen molar-refractivity contribution >= 4 is 5.78 Å². The molecule has 0 amide bonds. The summed E-state index contributed by atoms with van der Waals surface area (Å²) in [6.45, 7) is 5.11. The lowest BCUT2D eigenvalue weighted by Crippen LogP contribution is -2.24. The summed E-state index contributed by atoms with van der Waals surface area (Å²) in [4.78, 5) is 11.0. The minimum atomic E-state index is -0.0631. The molecular weight excluding hydrogens is 142 g/mol. The molecule has 0 aliphatic heterocycles. The van der Waals surface area contributed by atoms with Gasteiger partial charge in [-0.15, -0.1) is 0 Å². The second-order valence-electron chi connectivity index (χ2n) is 2.66. The monoisotopic (exact) mass is 159 g/mol. The van der Waals surface area contributed by atoms with Crippen LogP contribution in [0.2, 0.25) is 0 Å². The molecule has 0 radical (unpaired) electrons. The third-order valence-electron chi connectivity index (χ3n) is 1.50. The van der Waals surface area contributed by atoms with Crippen molar-refractivity contribution in [3.8, 4) is 0 Å².